The second-order valence-electron chi connectivity index (χ2n) is 8.68. The fourth-order valence-electron chi connectivity index (χ4n) is 4.48. The summed E-state index contributed by atoms with van der Waals surface area (Å²) in [7, 11) is 4.22. The number of carboxylic acids is 1. The van der Waals surface area contributed by atoms with Gasteiger partial charge in [0.1, 0.15) is 5.82 Å². The molecule has 2 aromatic heterocycles. The molecule has 0 aliphatic rings. The van der Waals surface area contributed by atoms with Gasteiger partial charge in [0.15, 0.2) is 0 Å². The Morgan fingerprint density at radius 2 is 1.84 bits per heavy atom. The molecule has 1 unspecified atom stereocenters. The van der Waals surface area contributed by atoms with E-state index < -0.39 is 5.97 Å². The van der Waals surface area contributed by atoms with Crippen LogP contribution < -0.4 is 0 Å². The summed E-state index contributed by atoms with van der Waals surface area (Å²) in [6.45, 7) is 3.31. The number of carboxylic acid groups (broad SMARTS) is 1. The van der Waals surface area contributed by atoms with Crippen molar-refractivity contribution in [2.75, 3.05) is 20.6 Å². The van der Waals surface area contributed by atoms with E-state index >= 15 is 0 Å². The number of nitrogens with one attached hydrogen (secondary N) is 1. The maximum Gasteiger partial charge on any atom is 0.335 e. The molecule has 0 spiro atoms. The van der Waals surface area contributed by atoms with Gasteiger partial charge in [-0.05, 0) is 76.4 Å². The van der Waals surface area contributed by atoms with Gasteiger partial charge in [-0.2, -0.15) is 0 Å². The lowest BCUT2D eigenvalue weighted by Gasteiger charge is -2.19. The van der Waals surface area contributed by atoms with Crippen LogP contribution in [-0.4, -0.2) is 51.2 Å². The zero-order valence-corrected chi connectivity index (χ0v) is 18.5. The van der Waals surface area contributed by atoms with Crippen LogP contribution in [0.1, 0.15) is 29.7 Å². The molecule has 6 heteroatoms. The number of hydrogen-bond acceptors (Lipinski definition) is 3. The zero-order valence-electron chi connectivity index (χ0n) is 18.5. The van der Waals surface area contributed by atoms with Gasteiger partial charge in [0.2, 0.25) is 0 Å². The molecule has 6 nitrogen and oxygen atoms in total. The lowest BCUT2D eigenvalue weighted by atomic mass is 10.1. The van der Waals surface area contributed by atoms with E-state index in [1.165, 1.54) is 21.8 Å². The number of fused-ring (bicyclic) bond motifs is 4. The molecule has 0 aliphatic carbocycles. The first-order valence-corrected chi connectivity index (χ1v) is 10.8. The van der Waals surface area contributed by atoms with Crippen LogP contribution in [-0.2, 0) is 0 Å². The molecule has 2 heterocycles. The van der Waals surface area contributed by atoms with Crippen molar-refractivity contribution in [3.05, 3.63) is 66.2 Å². The third-order valence-corrected chi connectivity index (χ3v) is 6.15. The van der Waals surface area contributed by atoms with Crippen molar-refractivity contribution >= 4 is 38.8 Å². The van der Waals surface area contributed by atoms with Crippen molar-refractivity contribution in [2.45, 2.75) is 19.4 Å². The molecule has 0 saturated carbocycles. The molecule has 0 saturated heterocycles. The average molecular weight is 427 g/mol. The molecule has 0 radical (unpaired) electrons. The topological polar surface area (TPSA) is 74.2 Å². The van der Waals surface area contributed by atoms with Crippen LogP contribution in [0.5, 0.6) is 0 Å². The van der Waals surface area contributed by atoms with E-state index in [-0.39, 0.29) is 5.56 Å². The minimum absolute atomic E-state index is 0.248. The lowest BCUT2D eigenvalue weighted by Crippen LogP contribution is -2.17. The largest absolute Gasteiger partial charge is 0.478 e. The molecule has 162 valence electrons. The van der Waals surface area contributed by atoms with Gasteiger partial charge < -0.3 is 19.6 Å². The lowest BCUT2D eigenvalue weighted by molar-refractivity contribution is 0.0697. The summed E-state index contributed by atoms with van der Waals surface area (Å²) in [5.74, 6) is -0.206. The highest BCUT2D eigenvalue weighted by Gasteiger charge is 2.17. The summed E-state index contributed by atoms with van der Waals surface area (Å²) in [5.41, 5.74) is 5.16. The summed E-state index contributed by atoms with van der Waals surface area (Å²) in [6.07, 6.45) is 1.07. The van der Waals surface area contributed by atoms with Crippen molar-refractivity contribution in [1.82, 2.24) is 19.4 Å². The van der Waals surface area contributed by atoms with E-state index in [9.17, 15) is 9.90 Å². The number of aromatic carboxylic acids is 1. The Labute approximate surface area is 186 Å². The fourth-order valence-corrected chi connectivity index (χ4v) is 4.48. The Bertz CT molecular complexity index is 1460. The molecular weight excluding hydrogens is 400 g/mol. The van der Waals surface area contributed by atoms with Crippen LogP contribution in [0.4, 0.5) is 0 Å². The molecule has 1 atom stereocenters. The fraction of sp³-hybridized carbons (Fsp3) is 0.231. The summed E-state index contributed by atoms with van der Waals surface area (Å²) < 4.78 is 2.44. The Hall–Kier alpha value is -3.64. The molecule has 5 rings (SSSR count). The maximum atomic E-state index is 11.3. The number of aromatic amines is 1. The van der Waals surface area contributed by atoms with Gasteiger partial charge in [-0.1, -0.05) is 18.2 Å². The standard InChI is InChI=1S/C26H26N4O2/c1-16(12-13-29(2)3)30-23-7-5-4-6-19(23)20-14-17(9-11-24(20)30)25-27-21-10-8-18(26(31)32)15-22(21)28-25/h4-11,14-16H,12-13H2,1-3H3,(H,27,28)(H,31,32). The van der Waals surface area contributed by atoms with E-state index in [0.717, 1.165) is 35.4 Å². The zero-order chi connectivity index (χ0) is 22.4. The highest BCUT2D eigenvalue weighted by Crippen LogP contribution is 2.35. The minimum atomic E-state index is -0.944. The highest BCUT2D eigenvalue weighted by atomic mass is 16.4. The molecule has 0 aliphatic heterocycles. The summed E-state index contributed by atoms with van der Waals surface area (Å²) >= 11 is 0. The van der Waals surface area contributed by atoms with Gasteiger partial charge in [-0.3, -0.25) is 0 Å². The van der Waals surface area contributed by atoms with Crippen LogP contribution in [0.15, 0.2) is 60.7 Å². The Kier molecular flexibility index (Phi) is 4.94. The third kappa shape index (κ3) is 3.42. The van der Waals surface area contributed by atoms with Gasteiger partial charge >= 0.3 is 5.97 Å². The first kappa shape index (κ1) is 20.3. The molecular formula is C26H26N4O2. The third-order valence-electron chi connectivity index (χ3n) is 6.15. The number of hydrogen-bond donors (Lipinski definition) is 2. The first-order chi connectivity index (χ1) is 15.4. The monoisotopic (exact) mass is 426 g/mol. The van der Waals surface area contributed by atoms with E-state index in [4.69, 9.17) is 4.98 Å². The second-order valence-corrected chi connectivity index (χ2v) is 8.68. The molecule has 0 fully saturated rings. The van der Waals surface area contributed by atoms with E-state index in [0.29, 0.717) is 6.04 Å². The predicted octanol–water partition coefficient (Wildman–Crippen LogP) is 5.55. The maximum absolute atomic E-state index is 11.3. The summed E-state index contributed by atoms with van der Waals surface area (Å²) in [4.78, 5) is 21.5. The van der Waals surface area contributed by atoms with Crippen LogP contribution in [0.3, 0.4) is 0 Å². The smallest absolute Gasteiger partial charge is 0.335 e. The Morgan fingerprint density at radius 1 is 1.06 bits per heavy atom. The number of rotatable bonds is 6. The quantitative estimate of drug-likeness (QED) is 0.373. The van der Waals surface area contributed by atoms with Crippen molar-refractivity contribution < 1.29 is 9.90 Å². The van der Waals surface area contributed by atoms with Crippen molar-refractivity contribution in [3.63, 3.8) is 0 Å². The molecule has 3 aromatic carbocycles. The van der Waals surface area contributed by atoms with Crippen molar-refractivity contribution in [3.8, 4) is 11.4 Å². The van der Waals surface area contributed by atoms with Gasteiger partial charge in [0.25, 0.3) is 0 Å². The van der Waals surface area contributed by atoms with Crippen LogP contribution >= 0.6 is 0 Å². The van der Waals surface area contributed by atoms with E-state index in [1.807, 2.05) is 0 Å². The highest BCUT2D eigenvalue weighted by molar-refractivity contribution is 6.09. The Morgan fingerprint density at radius 3 is 2.62 bits per heavy atom. The Balaban J connectivity index is 1.63. The summed E-state index contributed by atoms with van der Waals surface area (Å²) in [6, 6.07) is 20.3. The number of H-pyrrole nitrogens is 1. The normalized spacial score (nSPS) is 12.9. The summed E-state index contributed by atoms with van der Waals surface area (Å²) in [5, 5.41) is 11.7. The molecule has 32 heavy (non-hydrogen) atoms. The van der Waals surface area contributed by atoms with Gasteiger partial charge in [0, 0.05) is 33.4 Å². The van der Waals surface area contributed by atoms with Gasteiger partial charge in [-0.15, -0.1) is 0 Å². The van der Waals surface area contributed by atoms with E-state index in [2.05, 4.69) is 77.9 Å². The van der Waals surface area contributed by atoms with Crippen LogP contribution in [0.2, 0.25) is 0 Å². The van der Waals surface area contributed by atoms with Crippen molar-refractivity contribution in [1.29, 1.82) is 0 Å². The van der Waals surface area contributed by atoms with E-state index in [1.54, 1.807) is 18.2 Å². The molecule has 5 aromatic rings. The number of imidazole rings is 1. The van der Waals surface area contributed by atoms with Gasteiger partial charge in [0.05, 0.1) is 16.6 Å². The van der Waals surface area contributed by atoms with Crippen LogP contribution in [0.25, 0.3) is 44.2 Å². The number of carbonyl (C=O) groups is 1. The number of para-hydroxylation sites is 1. The molecule has 2 N–H and O–H groups in total. The first-order valence-electron chi connectivity index (χ1n) is 10.8. The number of aromatic nitrogens is 3. The van der Waals surface area contributed by atoms with Crippen molar-refractivity contribution in [2.24, 2.45) is 0 Å². The molecule has 0 amide bonds. The van der Waals surface area contributed by atoms with Gasteiger partial charge in [-0.25, -0.2) is 9.78 Å². The number of benzene rings is 3. The predicted molar refractivity (Wildman–Crippen MR) is 129 cm³/mol. The minimum Gasteiger partial charge on any atom is -0.478 e. The second kappa shape index (κ2) is 7.80. The number of nitrogens with zero attached hydrogens (tertiary/aromatic N) is 3. The van der Waals surface area contributed by atoms with Crippen LogP contribution in [0, 0.1) is 0 Å². The SMILES string of the molecule is CC(CCN(C)C)n1c2ccccc2c2cc(-c3nc4ccc(C(=O)O)cc4[nH]3)ccc21. The average Bonchev–Trinajstić information content (AvgIpc) is 3.35. The molecule has 0 bridgehead atoms.